The smallest absolute Gasteiger partial charge is 0.238 e. The highest BCUT2D eigenvalue weighted by Gasteiger charge is 2.69. The lowest BCUT2D eigenvalue weighted by Gasteiger charge is -2.23. The minimum Gasteiger partial charge on any atom is -0.322 e. The molecule has 3 heterocycles. The van der Waals surface area contributed by atoms with Gasteiger partial charge in [-0.15, -0.1) is 0 Å². The van der Waals surface area contributed by atoms with Crippen molar-refractivity contribution in [2.24, 2.45) is 11.8 Å². The second kappa shape index (κ2) is 4.42. The maximum atomic E-state index is 13.3. The summed E-state index contributed by atoms with van der Waals surface area (Å²) in [6.45, 7) is 3.87. The number of carbonyl (C=O) groups is 2. The highest BCUT2D eigenvalue weighted by atomic mass is 31.2. The second-order valence-corrected chi connectivity index (χ2v) is 9.91. The third-order valence-electron chi connectivity index (χ3n) is 5.49. The Morgan fingerprint density at radius 3 is 2.36 bits per heavy atom. The van der Waals surface area contributed by atoms with E-state index >= 15 is 0 Å². The Labute approximate surface area is 129 Å². The molecule has 5 atom stereocenters. The van der Waals surface area contributed by atoms with Crippen LogP contribution in [0.5, 0.6) is 0 Å². The number of nitrogens with zero attached hydrogens (tertiary/aromatic N) is 1. The van der Waals surface area contributed by atoms with Crippen molar-refractivity contribution < 1.29 is 14.2 Å². The summed E-state index contributed by atoms with van der Waals surface area (Å²) in [5.74, 6) is -1.19. The van der Waals surface area contributed by atoms with Gasteiger partial charge in [-0.05, 0) is 25.2 Å². The van der Waals surface area contributed by atoms with Gasteiger partial charge >= 0.3 is 0 Å². The first-order chi connectivity index (χ1) is 10.5. The molecule has 2 saturated heterocycles. The molecule has 0 saturated carbocycles. The van der Waals surface area contributed by atoms with Crippen LogP contribution in [0.15, 0.2) is 42.0 Å². The number of hydrogen-bond donors (Lipinski definition) is 0. The zero-order valence-corrected chi connectivity index (χ0v) is 13.5. The highest BCUT2D eigenvalue weighted by molar-refractivity contribution is 7.66. The Morgan fingerprint density at radius 2 is 1.73 bits per heavy atom. The van der Waals surface area contributed by atoms with Crippen molar-refractivity contribution in [3.8, 4) is 0 Å². The zero-order valence-electron chi connectivity index (χ0n) is 12.6. The van der Waals surface area contributed by atoms with E-state index in [2.05, 4.69) is 0 Å². The molecule has 22 heavy (non-hydrogen) atoms. The topological polar surface area (TPSA) is 54.5 Å². The second-order valence-electron chi connectivity index (χ2n) is 6.42. The Hall–Kier alpha value is -1.67. The van der Waals surface area contributed by atoms with E-state index < -0.39 is 19.0 Å². The minimum absolute atomic E-state index is 0.171. The summed E-state index contributed by atoms with van der Waals surface area (Å²) in [7, 11) is -2.51. The lowest BCUT2D eigenvalue weighted by molar-refractivity contribution is -0.122. The van der Waals surface area contributed by atoms with Gasteiger partial charge in [0, 0.05) is 11.3 Å². The zero-order chi connectivity index (χ0) is 15.6. The summed E-state index contributed by atoms with van der Waals surface area (Å²) in [6, 6.07) is 9.05. The molecule has 3 aliphatic rings. The fraction of sp³-hybridized carbons (Fsp3) is 0.412. The molecular formula is C17H18NO3P. The van der Waals surface area contributed by atoms with Crippen LogP contribution in [0.3, 0.4) is 0 Å². The number of hydrogen-bond acceptors (Lipinski definition) is 3. The summed E-state index contributed by atoms with van der Waals surface area (Å²) in [5.41, 5.74) is 1.19. The SMILES string of the molecule is CCP1(=O)[C@@H]2C(C)=C[C@H]1[C@H]1C(=O)N(c3ccccc3)C(=O)[C@H]12. The lowest BCUT2D eigenvalue weighted by atomic mass is 9.82. The van der Waals surface area contributed by atoms with Gasteiger partial charge in [0.05, 0.1) is 17.5 Å². The molecule has 3 aliphatic heterocycles. The number of para-hydroxylation sites is 1. The van der Waals surface area contributed by atoms with Crippen molar-refractivity contribution in [2.75, 3.05) is 11.1 Å². The summed E-state index contributed by atoms with van der Waals surface area (Å²) in [4.78, 5) is 27.1. The van der Waals surface area contributed by atoms with Crippen LogP contribution in [0.1, 0.15) is 13.8 Å². The molecule has 0 aliphatic carbocycles. The van der Waals surface area contributed by atoms with E-state index in [-0.39, 0.29) is 23.1 Å². The fourth-order valence-corrected chi connectivity index (χ4v) is 8.76. The molecule has 2 amide bonds. The summed E-state index contributed by atoms with van der Waals surface area (Å²) >= 11 is 0. The van der Waals surface area contributed by atoms with E-state index in [0.717, 1.165) is 5.57 Å². The van der Waals surface area contributed by atoms with E-state index in [4.69, 9.17) is 0 Å². The molecule has 2 bridgehead atoms. The van der Waals surface area contributed by atoms with Crippen molar-refractivity contribution in [1.29, 1.82) is 0 Å². The van der Waals surface area contributed by atoms with E-state index in [0.29, 0.717) is 11.8 Å². The molecule has 114 valence electrons. The Kier molecular flexibility index (Phi) is 2.80. The van der Waals surface area contributed by atoms with E-state index in [9.17, 15) is 14.2 Å². The number of anilines is 1. The van der Waals surface area contributed by atoms with E-state index in [1.54, 1.807) is 12.1 Å². The molecule has 1 unspecified atom stereocenters. The van der Waals surface area contributed by atoms with Gasteiger partial charge in [0.1, 0.15) is 7.14 Å². The van der Waals surface area contributed by atoms with Gasteiger partial charge in [0.25, 0.3) is 0 Å². The third-order valence-corrected chi connectivity index (χ3v) is 9.63. The summed E-state index contributed by atoms with van der Waals surface area (Å²) in [5, 5.41) is 0. The van der Waals surface area contributed by atoms with Gasteiger partial charge in [-0.1, -0.05) is 36.8 Å². The third kappa shape index (κ3) is 1.46. The first-order valence-electron chi connectivity index (χ1n) is 7.70. The van der Waals surface area contributed by atoms with Gasteiger partial charge in [-0.25, -0.2) is 4.90 Å². The van der Waals surface area contributed by atoms with Crippen molar-refractivity contribution >= 4 is 24.6 Å². The van der Waals surface area contributed by atoms with Crippen molar-refractivity contribution in [2.45, 2.75) is 25.2 Å². The van der Waals surface area contributed by atoms with Crippen LogP contribution in [0.4, 0.5) is 5.69 Å². The standard InChI is InChI=1S/C17H18NO3P/c1-3-22(21)12-9-10(2)15(22)14-13(12)16(19)18(17(14)20)11-7-5-4-6-8-11/h4-9,12-15H,3H2,1-2H3/t12-,13+,14+,15+,22?/m0/s1. The molecule has 4 rings (SSSR count). The van der Waals surface area contributed by atoms with Gasteiger partial charge < -0.3 is 4.57 Å². The number of imide groups is 1. The monoisotopic (exact) mass is 315 g/mol. The Bertz CT molecular complexity index is 754. The van der Waals surface area contributed by atoms with Crippen molar-refractivity contribution in [3.63, 3.8) is 0 Å². The number of carbonyl (C=O) groups excluding carboxylic acids is 2. The molecule has 0 spiro atoms. The van der Waals surface area contributed by atoms with Gasteiger partial charge in [-0.2, -0.15) is 0 Å². The van der Waals surface area contributed by atoms with Crippen LogP contribution in [0.25, 0.3) is 0 Å². The molecule has 4 nitrogen and oxygen atoms in total. The molecule has 2 fully saturated rings. The fourth-order valence-electron chi connectivity index (χ4n) is 4.60. The Balaban J connectivity index is 1.81. The van der Waals surface area contributed by atoms with Gasteiger partial charge in [-0.3, -0.25) is 9.59 Å². The molecule has 1 aromatic rings. The average molecular weight is 315 g/mol. The van der Waals surface area contributed by atoms with Crippen molar-refractivity contribution in [3.05, 3.63) is 42.0 Å². The molecule has 0 aromatic heterocycles. The number of rotatable bonds is 2. The summed E-state index contributed by atoms with van der Waals surface area (Å²) in [6.07, 6.45) is 2.56. The molecule has 0 N–H and O–H groups in total. The number of amides is 2. The van der Waals surface area contributed by atoms with Gasteiger partial charge in [0.15, 0.2) is 0 Å². The molecule has 5 heteroatoms. The quantitative estimate of drug-likeness (QED) is 0.479. The first-order valence-corrected chi connectivity index (χ1v) is 9.73. The van der Waals surface area contributed by atoms with Crippen LogP contribution in [0.2, 0.25) is 0 Å². The summed E-state index contributed by atoms with van der Waals surface area (Å²) < 4.78 is 13.3. The predicted octanol–water partition coefficient (Wildman–Crippen LogP) is 2.89. The molecule has 1 aromatic carbocycles. The van der Waals surface area contributed by atoms with Crippen molar-refractivity contribution in [1.82, 2.24) is 0 Å². The number of allylic oxidation sites excluding steroid dienone is 2. The molecule has 0 radical (unpaired) electrons. The Morgan fingerprint density at radius 1 is 1.09 bits per heavy atom. The molecular weight excluding hydrogens is 297 g/mol. The number of benzene rings is 1. The predicted molar refractivity (Wildman–Crippen MR) is 85.4 cm³/mol. The minimum atomic E-state index is -2.51. The van der Waals surface area contributed by atoms with Crippen LogP contribution in [-0.4, -0.2) is 29.3 Å². The van der Waals surface area contributed by atoms with Crippen LogP contribution in [-0.2, 0) is 14.2 Å². The highest BCUT2D eigenvalue weighted by Crippen LogP contribution is 2.74. The van der Waals surface area contributed by atoms with Gasteiger partial charge in [0.2, 0.25) is 11.8 Å². The average Bonchev–Trinajstić information content (AvgIpc) is 3.03. The number of fused-ring (bicyclic) bond motifs is 5. The lowest BCUT2D eigenvalue weighted by Crippen LogP contribution is -2.34. The maximum Gasteiger partial charge on any atom is 0.238 e. The van der Waals surface area contributed by atoms with E-state index in [1.807, 2.05) is 38.1 Å². The first kappa shape index (κ1) is 14.0. The maximum absolute atomic E-state index is 13.3. The van der Waals surface area contributed by atoms with E-state index in [1.165, 1.54) is 4.90 Å². The normalized spacial score (nSPS) is 39.4. The van der Waals surface area contributed by atoms with Crippen LogP contribution in [0, 0.1) is 11.8 Å². The van der Waals surface area contributed by atoms with Crippen LogP contribution >= 0.6 is 7.14 Å². The van der Waals surface area contributed by atoms with Crippen LogP contribution < -0.4 is 4.90 Å². The largest absolute Gasteiger partial charge is 0.322 e.